The molecule has 0 fully saturated rings. The number of carbonyl (C=O) groups is 1. The molecule has 0 aliphatic rings. The number of aromatic carboxylic acids is 1. The van der Waals surface area contributed by atoms with Crippen molar-refractivity contribution in [3.05, 3.63) is 29.3 Å². The number of carboxylic acid groups (broad SMARTS) is 1. The molecule has 2 atom stereocenters. The number of benzene rings is 1. The van der Waals surface area contributed by atoms with E-state index in [9.17, 15) is 15.0 Å². The van der Waals surface area contributed by atoms with E-state index < -0.39 is 18.2 Å². The average Bonchev–Trinajstić information content (AvgIpc) is 2.35. The summed E-state index contributed by atoms with van der Waals surface area (Å²) < 4.78 is 4.90. The minimum Gasteiger partial charge on any atom is -0.497 e. The molecular formula is C11H14O5S. The standard InChI is InChI=1S/C11H14O5S/c1-16-6-2-3-7(8(4-6)11(14)15)10(13)9(12)5-17/h2-4,9-10,12-13,17H,5H2,1H3,(H,14,15). The molecule has 2 unspecified atom stereocenters. The minimum absolute atomic E-state index is 0.0340. The SMILES string of the molecule is COc1ccc(C(O)C(O)CS)c(C(=O)O)c1. The summed E-state index contributed by atoms with van der Waals surface area (Å²) in [7, 11) is 1.42. The Morgan fingerprint density at radius 1 is 1.47 bits per heavy atom. The quantitative estimate of drug-likeness (QED) is 0.585. The van der Waals surface area contributed by atoms with Crippen LogP contribution >= 0.6 is 12.6 Å². The Bertz CT molecular complexity index is 407. The van der Waals surface area contributed by atoms with Gasteiger partial charge in [0.25, 0.3) is 0 Å². The molecule has 0 bridgehead atoms. The Labute approximate surface area is 104 Å². The summed E-state index contributed by atoms with van der Waals surface area (Å²) in [4.78, 5) is 11.0. The van der Waals surface area contributed by atoms with Gasteiger partial charge in [-0.15, -0.1) is 0 Å². The van der Waals surface area contributed by atoms with Crippen LogP contribution in [0.3, 0.4) is 0 Å². The molecule has 0 heterocycles. The summed E-state index contributed by atoms with van der Waals surface area (Å²) in [5.41, 5.74) is 0.0394. The molecule has 0 aromatic heterocycles. The predicted molar refractivity (Wildman–Crippen MR) is 64.8 cm³/mol. The predicted octanol–water partition coefficient (Wildman–Crippen LogP) is 0.718. The van der Waals surface area contributed by atoms with E-state index in [2.05, 4.69) is 12.6 Å². The van der Waals surface area contributed by atoms with Gasteiger partial charge in [-0.1, -0.05) is 6.07 Å². The molecule has 3 N–H and O–H groups in total. The van der Waals surface area contributed by atoms with E-state index in [0.29, 0.717) is 5.75 Å². The Balaban J connectivity index is 3.18. The molecule has 1 aromatic carbocycles. The molecule has 0 radical (unpaired) electrons. The second-order valence-corrected chi connectivity index (χ2v) is 3.82. The lowest BCUT2D eigenvalue weighted by Gasteiger charge is -2.18. The van der Waals surface area contributed by atoms with E-state index >= 15 is 0 Å². The van der Waals surface area contributed by atoms with Crippen molar-refractivity contribution in [1.82, 2.24) is 0 Å². The highest BCUT2D eigenvalue weighted by atomic mass is 32.1. The third kappa shape index (κ3) is 3.12. The van der Waals surface area contributed by atoms with Crippen molar-refractivity contribution in [2.45, 2.75) is 12.2 Å². The van der Waals surface area contributed by atoms with Crippen LogP contribution in [0.2, 0.25) is 0 Å². The fourth-order valence-corrected chi connectivity index (χ4v) is 1.61. The highest BCUT2D eigenvalue weighted by Gasteiger charge is 2.23. The maximum absolute atomic E-state index is 11.0. The summed E-state index contributed by atoms with van der Waals surface area (Å²) in [6.45, 7) is 0. The first-order valence-corrected chi connectivity index (χ1v) is 5.52. The maximum Gasteiger partial charge on any atom is 0.336 e. The number of methoxy groups -OCH3 is 1. The Kier molecular flexibility index (Phi) is 4.80. The molecule has 0 spiro atoms. The van der Waals surface area contributed by atoms with Gasteiger partial charge < -0.3 is 20.1 Å². The van der Waals surface area contributed by atoms with Crippen LogP contribution in [0.15, 0.2) is 18.2 Å². The molecule has 1 rings (SSSR count). The van der Waals surface area contributed by atoms with Gasteiger partial charge in [0.15, 0.2) is 0 Å². The number of rotatable bonds is 5. The van der Waals surface area contributed by atoms with Gasteiger partial charge in [-0.25, -0.2) is 4.79 Å². The van der Waals surface area contributed by atoms with Crippen LogP contribution in [0.4, 0.5) is 0 Å². The van der Waals surface area contributed by atoms with Crippen LogP contribution in [0.1, 0.15) is 22.0 Å². The number of hydrogen-bond donors (Lipinski definition) is 4. The summed E-state index contributed by atoms with van der Waals surface area (Å²) >= 11 is 3.85. The number of thiol groups is 1. The van der Waals surface area contributed by atoms with Gasteiger partial charge in [-0.05, 0) is 17.7 Å². The highest BCUT2D eigenvalue weighted by molar-refractivity contribution is 7.80. The van der Waals surface area contributed by atoms with Crippen molar-refractivity contribution in [2.75, 3.05) is 12.9 Å². The summed E-state index contributed by atoms with van der Waals surface area (Å²) in [5.74, 6) is -0.783. The van der Waals surface area contributed by atoms with Gasteiger partial charge in [-0.3, -0.25) is 0 Å². The lowest BCUT2D eigenvalue weighted by molar-refractivity contribution is 0.0322. The van der Waals surface area contributed by atoms with E-state index in [-0.39, 0.29) is 16.9 Å². The molecule has 1 aromatic rings. The van der Waals surface area contributed by atoms with E-state index in [4.69, 9.17) is 9.84 Å². The molecule has 6 heteroatoms. The highest BCUT2D eigenvalue weighted by Crippen LogP contribution is 2.25. The second-order valence-electron chi connectivity index (χ2n) is 3.45. The Hall–Kier alpha value is -1.24. The topological polar surface area (TPSA) is 87.0 Å². The van der Waals surface area contributed by atoms with E-state index in [1.807, 2.05) is 0 Å². The van der Waals surface area contributed by atoms with Gasteiger partial charge in [0.1, 0.15) is 11.9 Å². The third-order valence-corrected chi connectivity index (χ3v) is 2.74. The first-order chi connectivity index (χ1) is 8.01. The molecular weight excluding hydrogens is 244 g/mol. The van der Waals surface area contributed by atoms with Crippen molar-refractivity contribution in [1.29, 1.82) is 0 Å². The monoisotopic (exact) mass is 258 g/mol. The molecule has 0 aliphatic heterocycles. The van der Waals surface area contributed by atoms with E-state index in [1.165, 1.54) is 25.3 Å². The van der Waals surface area contributed by atoms with Crippen molar-refractivity contribution < 1.29 is 24.9 Å². The molecule has 0 saturated carbocycles. The number of aliphatic hydroxyl groups is 2. The molecule has 0 amide bonds. The molecule has 94 valence electrons. The van der Waals surface area contributed by atoms with Gasteiger partial charge >= 0.3 is 5.97 Å². The fourth-order valence-electron chi connectivity index (χ4n) is 1.41. The number of ether oxygens (including phenoxy) is 1. The second kappa shape index (κ2) is 5.90. The Morgan fingerprint density at radius 3 is 2.59 bits per heavy atom. The first-order valence-electron chi connectivity index (χ1n) is 4.89. The van der Waals surface area contributed by atoms with Crippen LogP contribution in [0, 0.1) is 0 Å². The summed E-state index contributed by atoms with van der Waals surface area (Å²) in [6.07, 6.45) is -2.41. The number of carboxylic acids is 1. The average molecular weight is 258 g/mol. The van der Waals surface area contributed by atoms with Crippen LogP contribution in [-0.4, -0.2) is 40.3 Å². The number of hydrogen-bond acceptors (Lipinski definition) is 5. The Morgan fingerprint density at radius 2 is 2.12 bits per heavy atom. The summed E-state index contributed by atoms with van der Waals surface area (Å²) in [5, 5.41) is 28.3. The fraction of sp³-hybridized carbons (Fsp3) is 0.364. The normalized spacial score (nSPS) is 14.1. The van der Waals surface area contributed by atoms with Crippen molar-refractivity contribution in [3.8, 4) is 5.75 Å². The zero-order valence-electron chi connectivity index (χ0n) is 9.20. The third-order valence-electron chi connectivity index (χ3n) is 2.36. The molecule has 0 aliphatic carbocycles. The zero-order valence-corrected chi connectivity index (χ0v) is 10.1. The lowest BCUT2D eigenvalue weighted by atomic mass is 9.99. The van der Waals surface area contributed by atoms with Crippen molar-refractivity contribution >= 4 is 18.6 Å². The van der Waals surface area contributed by atoms with Crippen LogP contribution in [-0.2, 0) is 0 Å². The van der Waals surface area contributed by atoms with E-state index in [1.54, 1.807) is 0 Å². The molecule has 0 saturated heterocycles. The van der Waals surface area contributed by atoms with Gasteiger partial charge in [0.05, 0.1) is 18.8 Å². The maximum atomic E-state index is 11.0. The van der Waals surface area contributed by atoms with Crippen LogP contribution in [0.25, 0.3) is 0 Å². The minimum atomic E-state index is -1.29. The lowest BCUT2D eigenvalue weighted by Crippen LogP contribution is -2.22. The molecule has 17 heavy (non-hydrogen) atoms. The van der Waals surface area contributed by atoms with Crippen LogP contribution in [0.5, 0.6) is 5.75 Å². The van der Waals surface area contributed by atoms with Crippen molar-refractivity contribution in [3.63, 3.8) is 0 Å². The number of aliphatic hydroxyl groups excluding tert-OH is 2. The van der Waals surface area contributed by atoms with Gasteiger partial charge in [-0.2, -0.15) is 12.6 Å². The first kappa shape index (κ1) is 13.8. The smallest absolute Gasteiger partial charge is 0.336 e. The zero-order chi connectivity index (χ0) is 13.0. The largest absolute Gasteiger partial charge is 0.497 e. The van der Waals surface area contributed by atoms with Gasteiger partial charge in [0.2, 0.25) is 0 Å². The molecule has 5 nitrogen and oxygen atoms in total. The summed E-state index contributed by atoms with van der Waals surface area (Å²) in [6, 6.07) is 4.24. The van der Waals surface area contributed by atoms with Gasteiger partial charge in [0, 0.05) is 5.75 Å². The van der Waals surface area contributed by atoms with Crippen molar-refractivity contribution in [2.24, 2.45) is 0 Å². The van der Waals surface area contributed by atoms with E-state index in [0.717, 1.165) is 0 Å². The van der Waals surface area contributed by atoms with Crippen LogP contribution < -0.4 is 4.74 Å².